The van der Waals surface area contributed by atoms with E-state index in [2.05, 4.69) is 235 Å². The SMILES string of the molecule is CCCCc1ccc2c(c1)C1(C)C=CC(C)C3=C1C1(C)C(=C4c5ccccc5C(C)(C)C43C)B3c4c(cc(C)cc4N21)-c1cccc2c1N3c1ccccc1C2(c1ccccc1)c1ccccc1. The van der Waals surface area contributed by atoms with E-state index in [1.165, 1.54) is 102 Å². The molecule has 0 amide bonds. The van der Waals surface area contributed by atoms with Crippen molar-refractivity contribution in [1.29, 1.82) is 0 Å². The molecule has 0 radical (unpaired) electrons. The fourth-order valence-corrected chi connectivity index (χ4v) is 16.0. The Hall–Kier alpha value is -6.58. The highest BCUT2D eigenvalue weighted by atomic mass is 15.3. The summed E-state index contributed by atoms with van der Waals surface area (Å²) in [7, 11) is 0. The number of unbranched alkanes of at least 4 members (excludes halogenated alkanes) is 1. The first-order valence-electron chi connectivity index (χ1n) is 25.4. The van der Waals surface area contributed by atoms with Crippen molar-refractivity contribution in [3.05, 3.63) is 237 Å². The third-order valence-electron chi connectivity index (χ3n) is 18.8. The molecule has 3 heteroatoms. The molecule has 7 aromatic carbocycles. The van der Waals surface area contributed by atoms with Crippen LogP contribution in [0.2, 0.25) is 0 Å². The summed E-state index contributed by atoms with van der Waals surface area (Å²) in [5, 5.41) is 0. The summed E-state index contributed by atoms with van der Waals surface area (Å²) in [6, 6.07) is 61.7. The van der Waals surface area contributed by atoms with Crippen LogP contribution < -0.4 is 15.2 Å². The first-order valence-corrected chi connectivity index (χ1v) is 25.4. The van der Waals surface area contributed by atoms with E-state index < -0.39 is 11.0 Å². The van der Waals surface area contributed by atoms with Crippen molar-refractivity contribution in [1.82, 2.24) is 0 Å². The fraction of sp³-hybridized carbons (Fsp3) is 0.262. The van der Waals surface area contributed by atoms with E-state index in [4.69, 9.17) is 0 Å². The van der Waals surface area contributed by atoms with Gasteiger partial charge in [-0.3, -0.25) is 0 Å². The number of hydrogen-bond donors (Lipinski definition) is 0. The number of fused-ring (bicyclic) bond motifs is 13. The zero-order valence-corrected chi connectivity index (χ0v) is 40.8. The summed E-state index contributed by atoms with van der Waals surface area (Å²) in [6.07, 6.45) is 8.70. The number of benzene rings is 7. The zero-order valence-electron chi connectivity index (χ0n) is 40.8. The molecule has 0 bridgehead atoms. The average Bonchev–Trinajstić information content (AvgIpc) is 3.53. The van der Waals surface area contributed by atoms with Crippen LogP contribution in [0.3, 0.4) is 0 Å². The molecule has 332 valence electrons. The van der Waals surface area contributed by atoms with E-state index in [1.807, 2.05) is 0 Å². The maximum atomic E-state index is 2.88. The summed E-state index contributed by atoms with van der Waals surface area (Å²) < 4.78 is 0. The van der Waals surface area contributed by atoms with Crippen LogP contribution >= 0.6 is 0 Å². The van der Waals surface area contributed by atoms with Crippen molar-refractivity contribution in [2.24, 2.45) is 11.3 Å². The quantitative estimate of drug-likeness (QED) is 0.126. The van der Waals surface area contributed by atoms with Crippen LogP contribution in [0.5, 0.6) is 0 Å². The van der Waals surface area contributed by atoms with Gasteiger partial charge >= 0.3 is 6.85 Å². The average molecular weight is 879 g/mol. The molecular formula is C65H59BN2. The molecule has 4 aliphatic heterocycles. The zero-order chi connectivity index (χ0) is 46.3. The van der Waals surface area contributed by atoms with Crippen molar-refractivity contribution in [3.63, 3.8) is 0 Å². The van der Waals surface area contributed by atoms with Crippen LogP contribution in [-0.4, -0.2) is 12.4 Å². The van der Waals surface area contributed by atoms with Crippen LogP contribution in [0.25, 0.3) is 16.7 Å². The molecule has 14 rings (SSSR count). The lowest BCUT2D eigenvalue weighted by atomic mass is 9.32. The molecule has 2 nitrogen and oxygen atoms in total. The van der Waals surface area contributed by atoms with Crippen molar-refractivity contribution in [3.8, 4) is 11.1 Å². The van der Waals surface area contributed by atoms with Crippen LogP contribution in [0.1, 0.15) is 111 Å². The van der Waals surface area contributed by atoms with Gasteiger partial charge in [0.25, 0.3) is 0 Å². The van der Waals surface area contributed by atoms with Crippen molar-refractivity contribution >= 4 is 40.6 Å². The molecular weight excluding hydrogens is 820 g/mol. The van der Waals surface area contributed by atoms with Gasteiger partial charge in [-0.05, 0) is 141 Å². The maximum Gasteiger partial charge on any atom is 0.329 e. The molecule has 7 aliphatic rings. The van der Waals surface area contributed by atoms with Crippen LogP contribution in [0.4, 0.5) is 22.7 Å². The molecule has 0 aromatic heterocycles. The summed E-state index contributed by atoms with van der Waals surface area (Å²) in [5.74, 6) is 0.262. The monoisotopic (exact) mass is 878 g/mol. The highest BCUT2D eigenvalue weighted by Gasteiger charge is 2.71. The molecule has 68 heavy (non-hydrogen) atoms. The lowest BCUT2D eigenvalue weighted by Gasteiger charge is -2.67. The van der Waals surface area contributed by atoms with Gasteiger partial charge in [-0.1, -0.05) is 193 Å². The standard InChI is InChI=1S/C65H59BN2/c1-9-10-22-42-33-34-52-51(39-42)62(6)36-35-41(3)55-59(62)64(8)60(56-46-27-17-18-29-48(46)61(4,5)63(55,56)7)66-57-47(37-40(2)38-54(57)67(52)64)45-28-21-31-50-58(45)68(66)53-32-20-19-30-49(53)65(50,43-23-13-11-14-24-43)44-25-15-12-16-26-44/h11-21,23-39,41H,9-10,22H2,1-8H3. The minimum absolute atomic E-state index is 0.0950. The van der Waals surface area contributed by atoms with E-state index in [9.17, 15) is 0 Å². The number of aryl methyl sites for hydroxylation is 2. The predicted molar refractivity (Wildman–Crippen MR) is 285 cm³/mol. The molecule has 0 N–H and O–H groups in total. The Balaban J connectivity index is 1.20. The summed E-state index contributed by atoms with van der Waals surface area (Å²) in [5.41, 5.74) is 26.2. The second kappa shape index (κ2) is 13.4. The maximum absolute atomic E-state index is 2.88. The van der Waals surface area contributed by atoms with Gasteiger partial charge < -0.3 is 9.71 Å². The van der Waals surface area contributed by atoms with E-state index in [1.54, 1.807) is 22.2 Å². The Labute approximate surface area is 403 Å². The second-order valence-corrected chi connectivity index (χ2v) is 22.3. The molecule has 4 unspecified atom stereocenters. The third-order valence-corrected chi connectivity index (χ3v) is 18.8. The molecule has 0 fully saturated rings. The van der Waals surface area contributed by atoms with E-state index in [0.717, 1.165) is 6.42 Å². The van der Waals surface area contributed by atoms with Crippen LogP contribution in [-0.2, 0) is 22.7 Å². The molecule has 0 spiro atoms. The first-order chi connectivity index (χ1) is 32.9. The Morgan fingerprint density at radius 2 is 1.26 bits per heavy atom. The largest absolute Gasteiger partial charge is 0.376 e. The number of hydrogen-bond acceptors (Lipinski definition) is 2. The summed E-state index contributed by atoms with van der Waals surface area (Å²) in [6.45, 7) is 20.1. The molecule has 4 atom stereocenters. The summed E-state index contributed by atoms with van der Waals surface area (Å²) >= 11 is 0. The lowest BCUT2D eigenvalue weighted by Crippen LogP contribution is -2.71. The number of rotatable bonds is 5. The predicted octanol–water partition coefficient (Wildman–Crippen LogP) is 15.0. The van der Waals surface area contributed by atoms with Gasteiger partial charge in [-0.15, -0.1) is 0 Å². The topological polar surface area (TPSA) is 6.48 Å². The van der Waals surface area contributed by atoms with Gasteiger partial charge in [0.15, 0.2) is 0 Å². The van der Waals surface area contributed by atoms with Crippen LogP contribution in [0.15, 0.2) is 186 Å². The Kier molecular flexibility index (Phi) is 7.95. The second-order valence-electron chi connectivity index (χ2n) is 22.3. The smallest absolute Gasteiger partial charge is 0.329 e. The van der Waals surface area contributed by atoms with Gasteiger partial charge in [0.1, 0.15) is 0 Å². The first kappa shape index (κ1) is 40.5. The van der Waals surface area contributed by atoms with Gasteiger partial charge in [-0.2, -0.15) is 0 Å². The van der Waals surface area contributed by atoms with Gasteiger partial charge in [0.2, 0.25) is 0 Å². The van der Waals surface area contributed by atoms with Gasteiger partial charge in [0, 0.05) is 44.6 Å². The van der Waals surface area contributed by atoms with Gasteiger partial charge in [-0.25, -0.2) is 0 Å². The van der Waals surface area contributed by atoms with Gasteiger partial charge in [0.05, 0.1) is 11.0 Å². The molecule has 3 aliphatic carbocycles. The minimum Gasteiger partial charge on any atom is -0.376 e. The Morgan fingerprint density at radius 3 is 2.00 bits per heavy atom. The van der Waals surface area contributed by atoms with E-state index >= 15 is 0 Å². The third kappa shape index (κ3) is 4.45. The minimum atomic E-state index is -0.562. The normalized spacial score (nSPS) is 25.2. The summed E-state index contributed by atoms with van der Waals surface area (Å²) in [4.78, 5) is 5.76. The van der Waals surface area contributed by atoms with Crippen molar-refractivity contribution < 1.29 is 0 Å². The Bertz CT molecular complexity index is 3420. The van der Waals surface area contributed by atoms with Crippen molar-refractivity contribution in [2.75, 3.05) is 9.71 Å². The molecule has 7 aromatic rings. The lowest BCUT2D eigenvalue weighted by molar-refractivity contribution is 0.280. The number of anilines is 4. The molecule has 0 saturated carbocycles. The van der Waals surface area contributed by atoms with Crippen molar-refractivity contribution in [2.45, 2.75) is 96.4 Å². The highest BCUT2D eigenvalue weighted by molar-refractivity contribution is 6.89. The Morgan fingerprint density at radius 1 is 0.603 bits per heavy atom. The molecule has 4 heterocycles. The number of allylic oxidation sites excluding steroid dienone is 4. The number of nitrogens with zero attached hydrogens (tertiary/aromatic N) is 2. The van der Waals surface area contributed by atoms with Crippen LogP contribution in [0, 0.1) is 18.3 Å². The fourth-order valence-electron chi connectivity index (χ4n) is 16.0. The highest BCUT2D eigenvalue weighted by Crippen LogP contribution is 2.75. The van der Waals surface area contributed by atoms with E-state index in [0.29, 0.717) is 0 Å². The van der Waals surface area contributed by atoms with E-state index in [-0.39, 0.29) is 29.0 Å². The molecule has 0 saturated heterocycles. The number of para-hydroxylation sites is 2.